The number of nitrogens with one attached hydrogen (secondary N) is 1. The molecule has 32 heavy (non-hydrogen) atoms. The first-order chi connectivity index (χ1) is 14.9. The summed E-state index contributed by atoms with van der Waals surface area (Å²) in [4.78, 5) is 12.5. The second-order valence-electron chi connectivity index (χ2n) is 7.41. The van der Waals surface area contributed by atoms with Gasteiger partial charge < -0.3 is 20.9 Å². The second kappa shape index (κ2) is 8.96. The van der Waals surface area contributed by atoms with Crippen LogP contribution in [-0.2, 0) is 14.8 Å². The molecule has 0 aromatic heterocycles. The quantitative estimate of drug-likeness (QED) is 0.593. The Morgan fingerprint density at radius 1 is 1.12 bits per heavy atom. The molecule has 0 unspecified atom stereocenters. The maximum atomic E-state index is 12.8. The topological polar surface area (TPSA) is 122 Å². The molecule has 0 aliphatic carbocycles. The van der Waals surface area contributed by atoms with Crippen LogP contribution in [0.5, 0.6) is 11.5 Å². The number of hydrogen-bond acceptors (Lipinski definition) is 6. The average Bonchev–Trinajstić information content (AvgIpc) is 2.73. The van der Waals surface area contributed by atoms with Gasteiger partial charge in [0.2, 0.25) is 15.9 Å². The molecule has 174 valence electrons. The molecule has 4 N–H and O–H groups in total. The summed E-state index contributed by atoms with van der Waals surface area (Å²) >= 11 is 0. The minimum atomic E-state index is -4.46. The van der Waals surface area contributed by atoms with Crippen LogP contribution in [0.4, 0.5) is 18.9 Å². The first kappa shape index (κ1) is 23.8. The summed E-state index contributed by atoms with van der Waals surface area (Å²) in [6, 6.07) is 10.9. The van der Waals surface area contributed by atoms with E-state index in [1.165, 1.54) is 48.5 Å². The van der Waals surface area contributed by atoms with Crippen LogP contribution in [0.1, 0.15) is 12.8 Å². The molecule has 1 aliphatic heterocycles. The van der Waals surface area contributed by atoms with Crippen molar-refractivity contribution in [1.29, 1.82) is 0 Å². The van der Waals surface area contributed by atoms with Crippen LogP contribution in [0, 0.1) is 0 Å². The largest absolute Gasteiger partial charge is 0.507 e. The van der Waals surface area contributed by atoms with Gasteiger partial charge in [0.1, 0.15) is 16.4 Å². The molecule has 3 rings (SSSR count). The number of nitrogens with two attached hydrogens (primary N) is 1. The number of phenolic OH excluding ortho intramolecular Hbond substituents is 1. The molecule has 0 radical (unpaired) electrons. The Balaban J connectivity index is 1.60. The molecule has 1 saturated heterocycles. The van der Waals surface area contributed by atoms with Gasteiger partial charge in [-0.15, -0.1) is 0 Å². The number of rotatable bonds is 6. The van der Waals surface area contributed by atoms with Crippen LogP contribution >= 0.6 is 0 Å². The number of nitrogens with zero attached hydrogens (tertiary/aromatic N) is 1. The molecule has 1 amide bonds. The molecular weight excluding hydrogens is 451 g/mol. The molecule has 0 atom stereocenters. The lowest BCUT2D eigenvalue weighted by Crippen LogP contribution is -2.58. The number of piperidine rings is 1. The van der Waals surface area contributed by atoms with E-state index in [0.717, 1.165) is 4.31 Å². The molecule has 1 aliphatic rings. The van der Waals surface area contributed by atoms with E-state index in [9.17, 15) is 31.5 Å². The van der Waals surface area contributed by atoms with Gasteiger partial charge in [-0.1, -0.05) is 12.1 Å². The predicted molar refractivity (Wildman–Crippen MR) is 110 cm³/mol. The highest BCUT2D eigenvalue weighted by atomic mass is 32.2. The summed E-state index contributed by atoms with van der Waals surface area (Å²) in [5.74, 6) is -0.913. The number of phenols is 1. The Hall–Kier alpha value is -2.83. The van der Waals surface area contributed by atoms with Crippen molar-refractivity contribution < 1.29 is 36.2 Å². The van der Waals surface area contributed by atoms with Gasteiger partial charge in [0.25, 0.3) is 0 Å². The molecule has 12 heteroatoms. The summed E-state index contributed by atoms with van der Waals surface area (Å²) in [5, 5.41) is 12.5. The normalized spacial score (nSPS) is 17.0. The van der Waals surface area contributed by atoms with Gasteiger partial charge in [-0.25, -0.2) is 8.42 Å². The van der Waals surface area contributed by atoms with Gasteiger partial charge in [-0.3, -0.25) is 4.79 Å². The van der Waals surface area contributed by atoms with Gasteiger partial charge in [0.05, 0.1) is 5.54 Å². The number of hydrogen-bond donors (Lipinski definition) is 3. The number of benzene rings is 2. The molecule has 2 aromatic rings. The number of alkyl halides is 3. The first-order valence-corrected chi connectivity index (χ1v) is 11.0. The van der Waals surface area contributed by atoms with E-state index in [2.05, 4.69) is 10.1 Å². The number of ether oxygens (including phenoxy) is 1. The van der Waals surface area contributed by atoms with Gasteiger partial charge in [0.15, 0.2) is 6.61 Å². The van der Waals surface area contributed by atoms with Crippen LogP contribution < -0.4 is 15.8 Å². The smallest absolute Gasteiger partial charge is 0.422 e. The molecule has 0 saturated carbocycles. The van der Waals surface area contributed by atoms with Crippen LogP contribution in [-0.4, -0.2) is 55.1 Å². The van der Waals surface area contributed by atoms with Crippen molar-refractivity contribution in [2.75, 3.05) is 25.0 Å². The van der Waals surface area contributed by atoms with E-state index in [4.69, 9.17) is 5.73 Å². The zero-order valence-corrected chi connectivity index (χ0v) is 17.6. The number of anilines is 1. The molecule has 8 nitrogen and oxygen atoms in total. The van der Waals surface area contributed by atoms with Crippen LogP contribution in [0.2, 0.25) is 0 Å². The predicted octanol–water partition coefficient (Wildman–Crippen LogP) is 2.45. The lowest BCUT2D eigenvalue weighted by Gasteiger charge is -2.37. The molecule has 1 fully saturated rings. The number of halogens is 3. The maximum absolute atomic E-state index is 12.8. The van der Waals surface area contributed by atoms with Crippen molar-refractivity contribution in [2.24, 2.45) is 5.73 Å². The molecule has 0 spiro atoms. The Labute approximate surface area is 182 Å². The molecule has 2 aromatic carbocycles. The van der Waals surface area contributed by atoms with E-state index < -0.39 is 34.3 Å². The summed E-state index contributed by atoms with van der Waals surface area (Å²) in [7, 11) is -3.95. The van der Waals surface area contributed by atoms with Crippen LogP contribution in [0.15, 0.2) is 53.4 Å². The van der Waals surface area contributed by atoms with Crippen molar-refractivity contribution in [3.05, 3.63) is 48.5 Å². The fraction of sp³-hybridized carbons (Fsp3) is 0.350. The Bertz CT molecular complexity index is 1070. The van der Waals surface area contributed by atoms with Crippen molar-refractivity contribution in [1.82, 2.24) is 4.31 Å². The number of amides is 1. The van der Waals surface area contributed by atoms with Crippen LogP contribution in [0.25, 0.3) is 0 Å². The average molecular weight is 473 g/mol. The van der Waals surface area contributed by atoms with Crippen molar-refractivity contribution in [3.63, 3.8) is 0 Å². The number of carbonyl (C=O) groups excluding carboxylic acids is 1. The fourth-order valence-corrected chi connectivity index (χ4v) is 4.75. The number of sulfonamides is 1. The van der Waals surface area contributed by atoms with Crippen molar-refractivity contribution >= 4 is 21.6 Å². The number of para-hydroxylation sites is 1. The van der Waals surface area contributed by atoms with E-state index >= 15 is 0 Å². The van der Waals surface area contributed by atoms with Gasteiger partial charge in [0, 0.05) is 18.8 Å². The zero-order valence-electron chi connectivity index (χ0n) is 16.8. The van der Waals surface area contributed by atoms with Gasteiger partial charge >= 0.3 is 6.18 Å². The summed E-state index contributed by atoms with van der Waals surface area (Å²) in [5.41, 5.74) is 5.19. The third-order valence-corrected chi connectivity index (χ3v) is 7.01. The lowest BCUT2D eigenvalue weighted by atomic mass is 9.88. The van der Waals surface area contributed by atoms with Crippen LogP contribution in [0.3, 0.4) is 0 Å². The Kier molecular flexibility index (Phi) is 6.67. The zero-order chi connectivity index (χ0) is 23.6. The number of carbonyl (C=O) groups is 1. The van der Waals surface area contributed by atoms with Gasteiger partial charge in [-0.05, 0) is 49.2 Å². The van der Waals surface area contributed by atoms with E-state index in [-0.39, 0.29) is 42.3 Å². The maximum Gasteiger partial charge on any atom is 0.422 e. The minimum Gasteiger partial charge on any atom is -0.507 e. The lowest BCUT2D eigenvalue weighted by molar-refractivity contribution is -0.153. The molecule has 1 heterocycles. The highest BCUT2D eigenvalue weighted by Crippen LogP contribution is 2.30. The molecular formula is C20H22F3N3O5S. The van der Waals surface area contributed by atoms with E-state index in [1.54, 1.807) is 0 Å². The van der Waals surface area contributed by atoms with Gasteiger partial charge in [-0.2, -0.15) is 17.5 Å². The highest BCUT2D eigenvalue weighted by Gasteiger charge is 2.41. The van der Waals surface area contributed by atoms with Crippen molar-refractivity contribution in [2.45, 2.75) is 29.5 Å². The summed E-state index contributed by atoms with van der Waals surface area (Å²) < 4.78 is 67.9. The van der Waals surface area contributed by atoms with E-state index in [1.807, 2.05) is 0 Å². The summed E-state index contributed by atoms with van der Waals surface area (Å²) in [6.45, 7) is -1.47. The highest BCUT2D eigenvalue weighted by molar-refractivity contribution is 7.89. The van der Waals surface area contributed by atoms with Crippen molar-refractivity contribution in [3.8, 4) is 11.5 Å². The third kappa shape index (κ3) is 5.50. The fourth-order valence-electron chi connectivity index (χ4n) is 3.22. The Morgan fingerprint density at radius 2 is 1.72 bits per heavy atom. The monoisotopic (exact) mass is 473 g/mol. The second-order valence-corrected chi connectivity index (χ2v) is 9.32. The minimum absolute atomic E-state index is 0.00883. The molecule has 0 bridgehead atoms. The SMILES string of the molecule is NC1(C(=O)Nc2ccc(OCC(F)(F)F)cc2)CCN(S(=O)(=O)c2ccccc2O)CC1. The standard InChI is InChI=1S/C20H22F3N3O5S/c21-20(22,23)13-31-15-7-5-14(6-8-15)25-18(28)19(24)9-11-26(12-10-19)32(29,30)17-4-2-1-3-16(17)27/h1-8,27H,9-13,24H2,(H,25,28). The first-order valence-electron chi connectivity index (χ1n) is 9.59. The third-order valence-electron chi connectivity index (χ3n) is 5.06. The van der Waals surface area contributed by atoms with E-state index in [0.29, 0.717) is 5.69 Å². The number of aromatic hydroxyl groups is 1. The Morgan fingerprint density at radius 3 is 2.28 bits per heavy atom. The summed E-state index contributed by atoms with van der Waals surface area (Å²) in [6.07, 6.45) is -4.38.